The van der Waals surface area contributed by atoms with Crippen molar-refractivity contribution in [3.05, 3.63) is 23.8 Å². The Labute approximate surface area is 120 Å². The highest BCUT2D eigenvalue weighted by Gasteiger charge is 2.38. The van der Waals surface area contributed by atoms with E-state index < -0.39 is 0 Å². The maximum Gasteiger partial charge on any atom is 0.227 e. The summed E-state index contributed by atoms with van der Waals surface area (Å²) in [6.45, 7) is 6.29. The summed E-state index contributed by atoms with van der Waals surface area (Å²) in [6.07, 6.45) is 7.45. The second kappa shape index (κ2) is 6.79. The van der Waals surface area contributed by atoms with Crippen LogP contribution in [0.1, 0.15) is 44.0 Å². The minimum Gasteiger partial charge on any atom is -0.350 e. The van der Waals surface area contributed by atoms with Crippen molar-refractivity contribution in [3.63, 3.8) is 0 Å². The Morgan fingerprint density at radius 1 is 1.45 bits per heavy atom. The number of aryl methyl sites for hydroxylation is 1. The van der Waals surface area contributed by atoms with Gasteiger partial charge in [0.2, 0.25) is 5.91 Å². The first-order valence-electron chi connectivity index (χ1n) is 7.43. The largest absolute Gasteiger partial charge is 0.350 e. The maximum absolute atomic E-state index is 12.6. The summed E-state index contributed by atoms with van der Waals surface area (Å²) in [5, 5.41) is 6.39. The van der Waals surface area contributed by atoms with Crippen LogP contribution in [0.25, 0.3) is 0 Å². The van der Waals surface area contributed by atoms with Gasteiger partial charge in [0.1, 0.15) is 0 Å². The molecule has 2 rings (SSSR count). The number of carbonyl (C=O) groups is 1. The molecule has 20 heavy (non-hydrogen) atoms. The summed E-state index contributed by atoms with van der Waals surface area (Å²) in [4.78, 5) is 21.0. The van der Waals surface area contributed by atoms with Crippen molar-refractivity contribution in [1.82, 2.24) is 20.6 Å². The molecule has 0 radical (unpaired) electrons. The number of hydrogen-bond donors (Lipinski definition) is 2. The summed E-state index contributed by atoms with van der Waals surface area (Å²) in [5.41, 5.74) is 1.45. The van der Waals surface area contributed by atoms with E-state index in [-0.39, 0.29) is 11.3 Å². The second-order valence-corrected chi connectivity index (χ2v) is 5.64. The van der Waals surface area contributed by atoms with Gasteiger partial charge in [0.25, 0.3) is 0 Å². The van der Waals surface area contributed by atoms with Crippen molar-refractivity contribution in [2.45, 2.75) is 46.1 Å². The molecule has 1 aliphatic heterocycles. The molecule has 1 amide bonds. The van der Waals surface area contributed by atoms with Crippen LogP contribution in [0.3, 0.4) is 0 Å². The highest BCUT2D eigenvalue weighted by atomic mass is 16.2. The van der Waals surface area contributed by atoms with Gasteiger partial charge in [-0.3, -0.25) is 14.8 Å². The first kappa shape index (κ1) is 14.9. The summed E-state index contributed by atoms with van der Waals surface area (Å²) < 4.78 is 0. The van der Waals surface area contributed by atoms with E-state index in [2.05, 4.69) is 27.5 Å². The lowest BCUT2D eigenvalue weighted by molar-refractivity contribution is -0.132. The Hall–Kier alpha value is -1.49. The van der Waals surface area contributed by atoms with Crippen LogP contribution in [0.2, 0.25) is 0 Å². The molecule has 5 heteroatoms. The monoisotopic (exact) mass is 276 g/mol. The van der Waals surface area contributed by atoms with Crippen LogP contribution in [-0.2, 0) is 11.3 Å². The average molecular weight is 276 g/mol. The van der Waals surface area contributed by atoms with E-state index in [1.807, 2.05) is 6.92 Å². The molecule has 5 nitrogen and oxygen atoms in total. The van der Waals surface area contributed by atoms with Crippen molar-refractivity contribution in [1.29, 1.82) is 0 Å². The van der Waals surface area contributed by atoms with Gasteiger partial charge in [0.05, 0.1) is 29.5 Å². The maximum atomic E-state index is 12.6. The Bertz CT molecular complexity index is 432. The van der Waals surface area contributed by atoms with Crippen LogP contribution in [-0.4, -0.2) is 29.0 Å². The zero-order valence-electron chi connectivity index (χ0n) is 12.4. The number of hydrogen-bond acceptors (Lipinski definition) is 4. The standard InChI is InChI=1S/C15H24N4O/c1-3-5-15(6-4-7-16-11-15)14(20)19-10-13-9-17-12(2)8-18-13/h8-9,16H,3-7,10-11H2,1-2H3,(H,19,20). The topological polar surface area (TPSA) is 66.9 Å². The van der Waals surface area contributed by atoms with Crippen LogP contribution < -0.4 is 10.6 Å². The molecular formula is C15H24N4O. The van der Waals surface area contributed by atoms with Gasteiger partial charge < -0.3 is 10.6 Å². The molecule has 0 spiro atoms. The Kier molecular flexibility index (Phi) is 5.06. The normalized spacial score (nSPS) is 22.5. The third-order valence-electron chi connectivity index (χ3n) is 3.95. The van der Waals surface area contributed by atoms with E-state index in [1.54, 1.807) is 12.4 Å². The molecule has 0 aromatic carbocycles. The zero-order valence-corrected chi connectivity index (χ0v) is 12.4. The fourth-order valence-corrected chi connectivity index (χ4v) is 2.84. The highest BCUT2D eigenvalue weighted by molar-refractivity contribution is 5.83. The zero-order chi connectivity index (χ0) is 14.4. The number of nitrogens with one attached hydrogen (secondary N) is 2. The fourth-order valence-electron chi connectivity index (χ4n) is 2.84. The number of nitrogens with zero attached hydrogens (tertiary/aromatic N) is 2. The number of amides is 1. The Balaban J connectivity index is 1.96. The van der Waals surface area contributed by atoms with Gasteiger partial charge in [-0.25, -0.2) is 0 Å². The fraction of sp³-hybridized carbons (Fsp3) is 0.667. The van der Waals surface area contributed by atoms with Gasteiger partial charge in [-0.05, 0) is 32.7 Å². The molecule has 1 unspecified atom stereocenters. The molecule has 0 saturated carbocycles. The first-order chi connectivity index (χ1) is 9.66. The SMILES string of the molecule is CCCC1(C(=O)NCc2cnc(C)cn2)CCCNC1. The van der Waals surface area contributed by atoms with Gasteiger partial charge in [-0.15, -0.1) is 0 Å². The average Bonchev–Trinajstić information content (AvgIpc) is 2.47. The van der Waals surface area contributed by atoms with Crippen LogP contribution in [0, 0.1) is 12.3 Å². The van der Waals surface area contributed by atoms with Crippen molar-refractivity contribution in [3.8, 4) is 0 Å². The van der Waals surface area contributed by atoms with E-state index in [0.29, 0.717) is 6.54 Å². The number of piperidine rings is 1. The van der Waals surface area contributed by atoms with E-state index in [4.69, 9.17) is 0 Å². The molecule has 1 aliphatic rings. The van der Waals surface area contributed by atoms with Crippen molar-refractivity contribution >= 4 is 5.91 Å². The summed E-state index contributed by atoms with van der Waals surface area (Å²) >= 11 is 0. The van der Waals surface area contributed by atoms with E-state index in [9.17, 15) is 4.79 Å². The molecule has 2 heterocycles. The lowest BCUT2D eigenvalue weighted by Crippen LogP contribution is -2.50. The minimum absolute atomic E-state index is 0.147. The third kappa shape index (κ3) is 3.54. The molecule has 110 valence electrons. The number of carbonyl (C=O) groups excluding carboxylic acids is 1. The van der Waals surface area contributed by atoms with Gasteiger partial charge in [-0.1, -0.05) is 13.3 Å². The van der Waals surface area contributed by atoms with Gasteiger partial charge >= 0.3 is 0 Å². The smallest absolute Gasteiger partial charge is 0.227 e. The number of aromatic nitrogens is 2. The van der Waals surface area contributed by atoms with Crippen molar-refractivity contribution < 1.29 is 4.79 Å². The Morgan fingerprint density at radius 2 is 2.30 bits per heavy atom. The second-order valence-electron chi connectivity index (χ2n) is 5.64. The van der Waals surface area contributed by atoms with Crippen molar-refractivity contribution in [2.75, 3.05) is 13.1 Å². The van der Waals surface area contributed by atoms with Crippen LogP contribution in [0.4, 0.5) is 0 Å². The highest BCUT2D eigenvalue weighted by Crippen LogP contribution is 2.31. The molecule has 1 saturated heterocycles. The summed E-state index contributed by atoms with van der Waals surface area (Å²) in [6, 6.07) is 0. The predicted octanol–water partition coefficient (Wildman–Crippen LogP) is 1.57. The van der Waals surface area contributed by atoms with Crippen LogP contribution in [0.15, 0.2) is 12.4 Å². The lowest BCUT2D eigenvalue weighted by atomic mass is 9.76. The van der Waals surface area contributed by atoms with E-state index >= 15 is 0 Å². The lowest BCUT2D eigenvalue weighted by Gasteiger charge is -2.36. The van der Waals surface area contributed by atoms with E-state index in [0.717, 1.165) is 50.2 Å². The summed E-state index contributed by atoms with van der Waals surface area (Å²) in [5.74, 6) is 0.147. The van der Waals surface area contributed by atoms with Gasteiger partial charge in [0, 0.05) is 12.7 Å². The molecule has 1 fully saturated rings. The van der Waals surface area contributed by atoms with Crippen LogP contribution in [0.5, 0.6) is 0 Å². The first-order valence-corrected chi connectivity index (χ1v) is 7.43. The van der Waals surface area contributed by atoms with Crippen molar-refractivity contribution in [2.24, 2.45) is 5.41 Å². The predicted molar refractivity (Wildman–Crippen MR) is 78.1 cm³/mol. The van der Waals surface area contributed by atoms with Gasteiger partial charge in [0.15, 0.2) is 0 Å². The molecule has 1 aromatic heterocycles. The number of rotatable bonds is 5. The molecule has 1 aromatic rings. The van der Waals surface area contributed by atoms with Crippen LogP contribution >= 0.6 is 0 Å². The Morgan fingerprint density at radius 3 is 2.90 bits per heavy atom. The molecule has 0 bridgehead atoms. The van der Waals surface area contributed by atoms with E-state index in [1.165, 1.54) is 0 Å². The minimum atomic E-state index is -0.245. The molecule has 2 N–H and O–H groups in total. The molecular weight excluding hydrogens is 252 g/mol. The van der Waals surface area contributed by atoms with Gasteiger partial charge in [-0.2, -0.15) is 0 Å². The molecule has 0 aliphatic carbocycles. The molecule has 1 atom stereocenters. The quantitative estimate of drug-likeness (QED) is 0.856. The summed E-state index contributed by atoms with van der Waals surface area (Å²) in [7, 11) is 0. The third-order valence-corrected chi connectivity index (χ3v) is 3.95.